The molecule has 1 rings (SSSR count). The zero-order valence-corrected chi connectivity index (χ0v) is 11.2. The van der Waals surface area contributed by atoms with Crippen LogP contribution in [0.2, 0.25) is 5.02 Å². The first-order valence-corrected chi connectivity index (χ1v) is 6.69. The van der Waals surface area contributed by atoms with Crippen molar-refractivity contribution in [2.75, 3.05) is 5.33 Å². The van der Waals surface area contributed by atoms with Crippen molar-refractivity contribution in [3.05, 3.63) is 34.6 Å². The number of alkyl halides is 1. The Hall–Kier alpha value is -0.410. The molecule has 0 radical (unpaired) electrons. The first-order valence-electron chi connectivity index (χ1n) is 5.19. The van der Waals surface area contributed by atoms with E-state index in [-0.39, 0.29) is 5.78 Å². The highest BCUT2D eigenvalue weighted by molar-refractivity contribution is 9.09. The number of benzene rings is 1. The van der Waals surface area contributed by atoms with E-state index in [0.29, 0.717) is 17.0 Å². The average molecular weight is 308 g/mol. The number of Topliss-reactive ketones (excluding diaryl/α,β-unsaturated/α-hetero) is 1. The van der Waals surface area contributed by atoms with Crippen molar-refractivity contribution < 1.29 is 9.18 Å². The lowest BCUT2D eigenvalue weighted by Gasteiger charge is -2.03. The number of rotatable bonds is 6. The Balaban J connectivity index is 2.55. The maximum Gasteiger partial charge on any atom is 0.164 e. The summed E-state index contributed by atoms with van der Waals surface area (Å²) in [6, 6.07) is 3.88. The molecular weight excluding hydrogens is 294 g/mol. The predicted molar refractivity (Wildman–Crippen MR) is 68.0 cm³/mol. The van der Waals surface area contributed by atoms with E-state index in [2.05, 4.69) is 15.9 Å². The molecule has 0 fully saturated rings. The minimum atomic E-state index is -0.423. The van der Waals surface area contributed by atoms with Crippen LogP contribution in [-0.2, 0) is 0 Å². The zero-order chi connectivity index (χ0) is 12.0. The third kappa shape index (κ3) is 4.22. The van der Waals surface area contributed by atoms with Crippen LogP contribution >= 0.6 is 27.5 Å². The van der Waals surface area contributed by atoms with E-state index in [1.165, 1.54) is 18.2 Å². The summed E-state index contributed by atoms with van der Waals surface area (Å²) in [6.45, 7) is 0. The SMILES string of the molecule is O=C(CCCCCBr)c1cc(F)ccc1Cl. The van der Waals surface area contributed by atoms with Crippen LogP contribution in [0.25, 0.3) is 0 Å². The Morgan fingerprint density at radius 3 is 2.75 bits per heavy atom. The third-order valence-corrected chi connectivity index (χ3v) is 3.16. The van der Waals surface area contributed by atoms with Gasteiger partial charge in [-0.2, -0.15) is 0 Å². The van der Waals surface area contributed by atoms with Crippen LogP contribution in [0.5, 0.6) is 0 Å². The monoisotopic (exact) mass is 306 g/mol. The van der Waals surface area contributed by atoms with Crippen molar-refractivity contribution in [2.45, 2.75) is 25.7 Å². The third-order valence-electron chi connectivity index (χ3n) is 2.27. The molecule has 0 unspecified atom stereocenters. The maximum atomic E-state index is 12.9. The molecule has 88 valence electrons. The van der Waals surface area contributed by atoms with Crippen LogP contribution < -0.4 is 0 Å². The topological polar surface area (TPSA) is 17.1 Å². The number of ketones is 1. The van der Waals surface area contributed by atoms with E-state index in [1.807, 2.05) is 0 Å². The molecule has 0 amide bonds. The van der Waals surface area contributed by atoms with Crippen LogP contribution in [0.1, 0.15) is 36.0 Å². The van der Waals surface area contributed by atoms with Gasteiger partial charge < -0.3 is 0 Å². The van der Waals surface area contributed by atoms with Gasteiger partial charge in [0.2, 0.25) is 0 Å². The number of carbonyl (C=O) groups excluding carboxylic acids is 1. The van der Waals surface area contributed by atoms with Gasteiger partial charge in [0.25, 0.3) is 0 Å². The van der Waals surface area contributed by atoms with Gasteiger partial charge in [0, 0.05) is 17.3 Å². The number of unbranched alkanes of at least 4 members (excludes halogenated alkanes) is 2. The summed E-state index contributed by atoms with van der Waals surface area (Å²) < 4.78 is 12.9. The molecule has 0 saturated carbocycles. The van der Waals surface area contributed by atoms with Gasteiger partial charge in [-0.1, -0.05) is 34.0 Å². The molecule has 0 heterocycles. The molecule has 1 aromatic rings. The second-order valence-corrected chi connectivity index (χ2v) is 4.75. The van der Waals surface area contributed by atoms with Gasteiger partial charge in [-0.15, -0.1) is 0 Å². The fraction of sp³-hybridized carbons (Fsp3) is 0.417. The van der Waals surface area contributed by atoms with Crippen LogP contribution in [0.4, 0.5) is 4.39 Å². The summed E-state index contributed by atoms with van der Waals surface area (Å²) in [4.78, 5) is 11.7. The van der Waals surface area contributed by atoms with Gasteiger partial charge in [-0.05, 0) is 31.0 Å². The van der Waals surface area contributed by atoms with Gasteiger partial charge in [0.1, 0.15) is 5.82 Å². The second kappa shape index (κ2) is 7.02. The van der Waals surface area contributed by atoms with Crippen LogP contribution in [0, 0.1) is 5.82 Å². The van der Waals surface area contributed by atoms with Gasteiger partial charge in [-0.3, -0.25) is 4.79 Å². The first-order chi connectivity index (χ1) is 7.65. The lowest BCUT2D eigenvalue weighted by Crippen LogP contribution is -2.00. The number of hydrogen-bond donors (Lipinski definition) is 0. The summed E-state index contributed by atoms with van der Waals surface area (Å²) >= 11 is 9.16. The summed E-state index contributed by atoms with van der Waals surface area (Å²) in [7, 11) is 0. The van der Waals surface area contributed by atoms with E-state index in [0.717, 1.165) is 24.6 Å². The Bertz CT molecular complexity index is 368. The molecule has 4 heteroatoms. The minimum Gasteiger partial charge on any atom is -0.294 e. The van der Waals surface area contributed by atoms with Crippen molar-refractivity contribution >= 4 is 33.3 Å². The Labute approximate surface area is 108 Å². The molecule has 0 saturated heterocycles. The van der Waals surface area contributed by atoms with Crippen molar-refractivity contribution in [2.24, 2.45) is 0 Å². The lowest BCUT2D eigenvalue weighted by molar-refractivity contribution is 0.0979. The molecule has 0 aliphatic carbocycles. The second-order valence-electron chi connectivity index (χ2n) is 3.55. The Morgan fingerprint density at radius 2 is 2.06 bits per heavy atom. The molecule has 0 aliphatic heterocycles. The normalized spacial score (nSPS) is 10.4. The van der Waals surface area contributed by atoms with E-state index in [9.17, 15) is 9.18 Å². The largest absolute Gasteiger partial charge is 0.294 e. The highest BCUT2D eigenvalue weighted by Crippen LogP contribution is 2.19. The lowest BCUT2D eigenvalue weighted by atomic mass is 10.0. The summed E-state index contributed by atoms with van der Waals surface area (Å²) in [5.41, 5.74) is 0.292. The van der Waals surface area contributed by atoms with E-state index in [4.69, 9.17) is 11.6 Å². The van der Waals surface area contributed by atoms with E-state index >= 15 is 0 Å². The van der Waals surface area contributed by atoms with E-state index in [1.54, 1.807) is 0 Å². The smallest absolute Gasteiger partial charge is 0.164 e. The van der Waals surface area contributed by atoms with Crippen LogP contribution in [-0.4, -0.2) is 11.1 Å². The van der Waals surface area contributed by atoms with Crippen molar-refractivity contribution in [3.8, 4) is 0 Å². The van der Waals surface area contributed by atoms with Gasteiger partial charge >= 0.3 is 0 Å². The zero-order valence-electron chi connectivity index (χ0n) is 8.81. The molecule has 1 nitrogen and oxygen atoms in total. The number of hydrogen-bond acceptors (Lipinski definition) is 1. The van der Waals surface area contributed by atoms with Crippen molar-refractivity contribution in [1.82, 2.24) is 0 Å². The van der Waals surface area contributed by atoms with Gasteiger partial charge in [-0.25, -0.2) is 4.39 Å². The molecular formula is C12H13BrClFO. The Morgan fingerprint density at radius 1 is 1.31 bits per heavy atom. The van der Waals surface area contributed by atoms with E-state index < -0.39 is 5.82 Å². The minimum absolute atomic E-state index is 0.0842. The fourth-order valence-electron chi connectivity index (χ4n) is 1.40. The van der Waals surface area contributed by atoms with Crippen molar-refractivity contribution in [1.29, 1.82) is 0 Å². The molecule has 0 spiro atoms. The first kappa shape index (κ1) is 13.7. The molecule has 0 atom stereocenters. The highest BCUT2D eigenvalue weighted by Gasteiger charge is 2.10. The highest BCUT2D eigenvalue weighted by atomic mass is 79.9. The molecule has 0 aliphatic rings. The maximum absolute atomic E-state index is 12.9. The molecule has 0 aromatic heterocycles. The average Bonchev–Trinajstić information content (AvgIpc) is 2.27. The molecule has 0 bridgehead atoms. The van der Waals surface area contributed by atoms with Gasteiger partial charge in [0.15, 0.2) is 5.78 Å². The standard InChI is InChI=1S/C12H13BrClFO/c13-7-3-1-2-4-12(16)10-8-9(15)5-6-11(10)14/h5-6,8H,1-4,7H2. The van der Waals surface area contributed by atoms with Gasteiger partial charge in [0.05, 0.1) is 5.02 Å². The summed E-state index contributed by atoms with van der Waals surface area (Å²) in [5.74, 6) is -0.507. The summed E-state index contributed by atoms with van der Waals surface area (Å²) in [5, 5.41) is 1.27. The molecule has 16 heavy (non-hydrogen) atoms. The number of halogens is 3. The predicted octanol–water partition coefficient (Wildman–Crippen LogP) is 4.62. The van der Waals surface area contributed by atoms with Crippen LogP contribution in [0.15, 0.2) is 18.2 Å². The van der Waals surface area contributed by atoms with Crippen molar-refractivity contribution in [3.63, 3.8) is 0 Å². The molecule has 1 aromatic carbocycles. The fourth-order valence-corrected chi connectivity index (χ4v) is 2.02. The Kier molecular flexibility index (Phi) is 5.99. The van der Waals surface area contributed by atoms with Crippen LogP contribution in [0.3, 0.4) is 0 Å². The quantitative estimate of drug-likeness (QED) is 0.426. The summed E-state index contributed by atoms with van der Waals surface area (Å²) in [6.07, 6.45) is 3.28. The molecule has 0 N–H and O–H groups in total. The number of carbonyl (C=O) groups is 1.